The third-order valence-electron chi connectivity index (χ3n) is 2.51. The van der Waals surface area contributed by atoms with Crippen molar-refractivity contribution in [2.75, 3.05) is 46.2 Å². The lowest BCUT2D eigenvalue weighted by Crippen LogP contribution is -2.20. The summed E-state index contributed by atoms with van der Waals surface area (Å²) in [4.78, 5) is 10.4. The van der Waals surface area contributed by atoms with Gasteiger partial charge in [-0.1, -0.05) is 17.7 Å². The van der Waals surface area contributed by atoms with Gasteiger partial charge in [0.25, 0.3) is 0 Å². The van der Waals surface area contributed by atoms with E-state index in [-0.39, 0.29) is 6.61 Å². The highest BCUT2D eigenvalue weighted by Crippen LogP contribution is 2.10. The minimum Gasteiger partial charge on any atom is -0.491 e. The molecule has 0 aliphatic rings. The van der Waals surface area contributed by atoms with Crippen molar-refractivity contribution in [1.82, 2.24) is 0 Å². The Kier molecular flexibility index (Phi) is 9.19. The van der Waals surface area contributed by atoms with Crippen LogP contribution in [-0.4, -0.2) is 52.2 Å². The highest BCUT2D eigenvalue weighted by Gasteiger charge is 1.95. The van der Waals surface area contributed by atoms with Crippen LogP contribution >= 0.6 is 0 Å². The molecule has 21 heavy (non-hydrogen) atoms. The van der Waals surface area contributed by atoms with E-state index in [0.29, 0.717) is 39.6 Å². The molecule has 0 unspecified atom stereocenters. The molecule has 6 heteroatoms. The fraction of sp³-hybridized carbons (Fsp3) is 0.533. The summed E-state index contributed by atoms with van der Waals surface area (Å²) in [5.41, 5.74) is 6.12. The van der Waals surface area contributed by atoms with Gasteiger partial charge in [-0.15, -0.1) is 0 Å². The lowest BCUT2D eigenvalue weighted by atomic mass is 10.2. The lowest BCUT2D eigenvalue weighted by molar-refractivity contribution is -0.123. The SMILES string of the molecule is Cc1ccc(OCCOCCOCCOCC(N)=O)cc1. The summed E-state index contributed by atoms with van der Waals surface area (Å²) in [5, 5.41) is 0. The molecule has 0 aromatic heterocycles. The number of aryl methyl sites for hydroxylation is 1. The Morgan fingerprint density at radius 1 is 0.905 bits per heavy atom. The number of rotatable bonds is 12. The maximum Gasteiger partial charge on any atom is 0.243 e. The predicted octanol–water partition coefficient (Wildman–Crippen LogP) is 0.909. The molecular weight excluding hydrogens is 274 g/mol. The Bertz CT molecular complexity index is 394. The van der Waals surface area contributed by atoms with E-state index in [1.807, 2.05) is 31.2 Å². The number of nitrogens with two attached hydrogens (primary N) is 1. The Morgan fingerprint density at radius 2 is 1.43 bits per heavy atom. The number of carbonyl (C=O) groups excluding carboxylic acids is 1. The normalized spacial score (nSPS) is 10.5. The van der Waals surface area contributed by atoms with Crippen LogP contribution < -0.4 is 10.5 Å². The van der Waals surface area contributed by atoms with Crippen molar-refractivity contribution < 1.29 is 23.7 Å². The first kappa shape index (κ1) is 17.4. The Balaban J connectivity index is 1.84. The van der Waals surface area contributed by atoms with Crippen LogP contribution in [0, 0.1) is 6.92 Å². The Hall–Kier alpha value is -1.63. The fourth-order valence-electron chi connectivity index (χ4n) is 1.47. The van der Waals surface area contributed by atoms with Crippen LogP contribution in [0.3, 0.4) is 0 Å². The average Bonchev–Trinajstić information content (AvgIpc) is 2.46. The van der Waals surface area contributed by atoms with E-state index in [2.05, 4.69) is 0 Å². The van der Waals surface area contributed by atoms with Crippen LogP contribution in [0.25, 0.3) is 0 Å². The third-order valence-corrected chi connectivity index (χ3v) is 2.51. The first-order valence-corrected chi connectivity index (χ1v) is 6.89. The van der Waals surface area contributed by atoms with Gasteiger partial charge >= 0.3 is 0 Å². The second kappa shape index (κ2) is 11.1. The molecule has 1 amide bonds. The highest BCUT2D eigenvalue weighted by molar-refractivity contribution is 5.74. The van der Waals surface area contributed by atoms with Crippen LogP contribution in [0.5, 0.6) is 5.75 Å². The van der Waals surface area contributed by atoms with Crippen molar-refractivity contribution in [3.8, 4) is 5.75 Å². The molecule has 118 valence electrons. The number of benzene rings is 1. The van der Waals surface area contributed by atoms with Gasteiger partial charge in [-0.05, 0) is 19.1 Å². The standard InChI is InChI=1S/C15H23NO5/c1-13-2-4-14(5-3-13)21-11-10-19-7-6-18-8-9-20-12-15(16)17/h2-5H,6-12H2,1H3,(H2,16,17). The lowest BCUT2D eigenvalue weighted by Gasteiger charge is -2.08. The number of primary amides is 1. The number of carbonyl (C=O) groups is 1. The van der Waals surface area contributed by atoms with E-state index in [4.69, 9.17) is 24.7 Å². The van der Waals surface area contributed by atoms with Gasteiger partial charge in [0.15, 0.2) is 0 Å². The minimum atomic E-state index is -0.480. The molecule has 1 rings (SSSR count). The van der Waals surface area contributed by atoms with Gasteiger partial charge in [0, 0.05) is 0 Å². The predicted molar refractivity (Wildman–Crippen MR) is 78.3 cm³/mol. The molecule has 0 fully saturated rings. The molecule has 0 atom stereocenters. The summed E-state index contributed by atoms with van der Waals surface area (Å²) in [6, 6.07) is 7.88. The maximum atomic E-state index is 10.4. The second-order valence-corrected chi connectivity index (χ2v) is 4.41. The summed E-state index contributed by atoms with van der Waals surface area (Å²) in [5.74, 6) is 0.360. The quantitative estimate of drug-likeness (QED) is 0.580. The van der Waals surface area contributed by atoms with E-state index in [0.717, 1.165) is 5.75 Å². The van der Waals surface area contributed by atoms with Crippen molar-refractivity contribution in [2.24, 2.45) is 5.73 Å². The molecule has 1 aromatic carbocycles. The van der Waals surface area contributed by atoms with Crippen molar-refractivity contribution >= 4 is 5.91 Å². The Morgan fingerprint density at radius 3 is 2.00 bits per heavy atom. The smallest absolute Gasteiger partial charge is 0.243 e. The summed E-state index contributed by atoms with van der Waals surface area (Å²) < 4.78 is 21.1. The third kappa shape index (κ3) is 9.84. The molecule has 0 bridgehead atoms. The van der Waals surface area contributed by atoms with E-state index >= 15 is 0 Å². The van der Waals surface area contributed by atoms with E-state index in [9.17, 15) is 4.79 Å². The number of hydrogen-bond donors (Lipinski definition) is 1. The molecule has 0 heterocycles. The largest absolute Gasteiger partial charge is 0.491 e. The topological polar surface area (TPSA) is 80.0 Å². The van der Waals surface area contributed by atoms with Gasteiger partial charge < -0.3 is 24.7 Å². The van der Waals surface area contributed by atoms with Crippen LogP contribution in [0.2, 0.25) is 0 Å². The van der Waals surface area contributed by atoms with Crippen molar-refractivity contribution in [3.63, 3.8) is 0 Å². The van der Waals surface area contributed by atoms with Gasteiger partial charge in [0.1, 0.15) is 19.0 Å². The van der Waals surface area contributed by atoms with Gasteiger partial charge in [-0.3, -0.25) is 4.79 Å². The molecule has 0 aliphatic heterocycles. The summed E-state index contributed by atoms with van der Waals surface area (Å²) in [6.45, 7) is 4.70. The number of hydrogen-bond acceptors (Lipinski definition) is 5. The van der Waals surface area contributed by atoms with Crippen LogP contribution in [0.1, 0.15) is 5.56 Å². The molecule has 0 radical (unpaired) electrons. The average molecular weight is 297 g/mol. The van der Waals surface area contributed by atoms with Gasteiger partial charge in [-0.2, -0.15) is 0 Å². The van der Waals surface area contributed by atoms with Gasteiger partial charge in [0.2, 0.25) is 5.91 Å². The second-order valence-electron chi connectivity index (χ2n) is 4.41. The zero-order chi connectivity index (χ0) is 15.3. The molecule has 0 saturated carbocycles. The first-order valence-electron chi connectivity index (χ1n) is 6.89. The van der Waals surface area contributed by atoms with E-state index in [1.165, 1.54) is 5.56 Å². The molecule has 0 spiro atoms. The van der Waals surface area contributed by atoms with Crippen LogP contribution in [0.15, 0.2) is 24.3 Å². The van der Waals surface area contributed by atoms with Crippen molar-refractivity contribution in [1.29, 1.82) is 0 Å². The molecule has 0 aliphatic carbocycles. The van der Waals surface area contributed by atoms with Crippen molar-refractivity contribution in [2.45, 2.75) is 6.92 Å². The summed E-state index contributed by atoms with van der Waals surface area (Å²) >= 11 is 0. The van der Waals surface area contributed by atoms with Gasteiger partial charge in [-0.25, -0.2) is 0 Å². The zero-order valence-electron chi connectivity index (χ0n) is 12.4. The number of amides is 1. The molecule has 6 nitrogen and oxygen atoms in total. The zero-order valence-corrected chi connectivity index (χ0v) is 12.4. The highest BCUT2D eigenvalue weighted by atomic mass is 16.6. The minimum absolute atomic E-state index is 0.0732. The van der Waals surface area contributed by atoms with Crippen molar-refractivity contribution in [3.05, 3.63) is 29.8 Å². The van der Waals surface area contributed by atoms with Crippen LogP contribution in [-0.2, 0) is 19.0 Å². The molecule has 2 N–H and O–H groups in total. The first-order chi connectivity index (χ1) is 10.2. The fourth-order valence-corrected chi connectivity index (χ4v) is 1.47. The monoisotopic (exact) mass is 297 g/mol. The molecular formula is C15H23NO5. The Labute approximate surface area is 125 Å². The summed E-state index contributed by atoms with van der Waals surface area (Å²) in [6.07, 6.45) is 0. The van der Waals surface area contributed by atoms with Crippen LogP contribution in [0.4, 0.5) is 0 Å². The number of ether oxygens (including phenoxy) is 4. The maximum absolute atomic E-state index is 10.4. The van der Waals surface area contributed by atoms with E-state index < -0.39 is 5.91 Å². The van der Waals surface area contributed by atoms with E-state index in [1.54, 1.807) is 0 Å². The molecule has 1 aromatic rings. The van der Waals surface area contributed by atoms with Gasteiger partial charge in [0.05, 0.1) is 33.0 Å². The molecule has 0 saturated heterocycles. The summed E-state index contributed by atoms with van der Waals surface area (Å²) in [7, 11) is 0.